The summed E-state index contributed by atoms with van der Waals surface area (Å²) in [7, 11) is 0. The van der Waals surface area contributed by atoms with Crippen LogP contribution in [0.1, 0.15) is 0 Å². The van der Waals surface area contributed by atoms with Gasteiger partial charge in [0.05, 0.1) is 0 Å². The Bertz CT molecular complexity index is 183. The fraction of sp³-hybridized carbons (Fsp3) is 1.00. The van der Waals surface area contributed by atoms with Crippen molar-refractivity contribution in [2.45, 2.75) is 18.7 Å². The van der Waals surface area contributed by atoms with Crippen LogP contribution >= 0.6 is 81.2 Å². The number of hydrogen-bond donors (Lipinski definition) is 2. The average Bonchev–Trinajstić information content (AvgIpc) is 1.84. The molecule has 2 N–H and O–H groups in total. The molecule has 0 aliphatic heterocycles. The number of rotatable bonds is 3. The van der Waals surface area contributed by atoms with Gasteiger partial charge in [0.25, 0.3) is 4.52 Å². The second-order valence-corrected chi connectivity index (χ2v) is 6.49. The Morgan fingerprint density at radius 3 is 1.31 bits per heavy atom. The van der Waals surface area contributed by atoms with Gasteiger partial charge < -0.3 is 10.2 Å². The number of aliphatic hydroxyl groups excluding tert-OH is 1. The van der Waals surface area contributed by atoms with E-state index in [4.69, 9.17) is 91.4 Å². The van der Waals surface area contributed by atoms with Crippen LogP contribution < -0.4 is 0 Å². The third kappa shape index (κ3) is 2.96. The molecule has 80 valence electrons. The predicted molar refractivity (Wildman–Crippen MR) is 57.4 cm³/mol. The van der Waals surface area contributed by atoms with Crippen LogP contribution in [0.3, 0.4) is 0 Å². The maximum atomic E-state index is 9.06. The first-order valence-corrected chi connectivity index (χ1v) is 5.33. The van der Waals surface area contributed by atoms with Crippen LogP contribution in [0.5, 0.6) is 0 Å². The van der Waals surface area contributed by atoms with Gasteiger partial charge in [-0.2, -0.15) is 0 Å². The number of aliphatic hydroxyl groups is 2. The van der Waals surface area contributed by atoms with Gasteiger partial charge in [-0.25, -0.2) is 0 Å². The SMILES string of the molecule is OC(Cl)C(Cl)(Cl)C(Cl)(Cl)C(O)(Cl)Cl. The zero-order chi connectivity index (χ0) is 11.1. The average molecular weight is 331 g/mol. The molecule has 1 atom stereocenters. The van der Waals surface area contributed by atoms with Crippen molar-refractivity contribution in [1.82, 2.24) is 0 Å². The number of alkyl halides is 7. The lowest BCUT2D eigenvalue weighted by Crippen LogP contribution is -2.54. The summed E-state index contributed by atoms with van der Waals surface area (Å²) in [5, 5.41) is 17.9. The summed E-state index contributed by atoms with van der Waals surface area (Å²) >= 11 is 37.3. The van der Waals surface area contributed by atoms with E-state index in [2.05, 4.69) is 0 Å². The van der Waals surface area contributed by atoms with Crippen LogP contribution in [-0.4, -0.2) is 29.0 Å². The molecular formula is C4H3Cl7O2. The lowest BCUT2D eigenvalue weighted by atomic mass is 10.3. The molecular weight excluding hydrogens is 328 g/mol. The summed E-state index contributed by atoms with van der Waals surface area (Å²) in [6.07, 6.45) is 0. The van der Waals surface area contributed by atoms with Gasteiger partial charge in [0.1, 0.15) is 0 Å². The molecule has 0 rings (SSSR count). The minimum absolute atomic E-state index is 1.87. The first-order valence-electron chi connectivity index (χ1n) is 2.62. The van der Waals surface area contributed by atoms with Gasteiger partial charge in [-0.1, -0.05) is 81.2 Å². The summed E-state index contributed by atoms with van der Waals surface area (Å²) in [6.45, 7) is 0. The van der Waals surface area contributed by atoms with Crippen molar-refractivity contribution < 1.29 is 10.2 Å². The van der Waals surface area contributed by atoms with Gasteiger partial charge in [-0.05, 0) is 0 Å². The lowest BCUT2D eigenvalue weighted by Gasteiger charge is -2.38. The van der Waals surface area contributed by atoms with Crippen LogP contribution in [0.4, 0.5) is 0 Å². The zero-order valence-electron chi connectivity index (χ0n) is 5.62. The molecule has 0 saturated heterocycles. The minimum atomic E-state index is -2.67. The molecule has 1 unspecified atom stereocenters. The topological polar surface area (TPSA) is 40.5 Å². The molecule has 0 aromatic carbocycles. The summed E-state index contributed by atoms with van der Waals surface area (Å²) < 4.78 is -7.47. The third-order valence-electron chi connectivity index (χ3n) is 1.10. The smallest absolute Gasteiger partial charge is 0.251 e. The Labute approximate surface area is 110 Å². The van der Waals surface area contributed by atoms with E-state index in [1.165, 1.54) is 0 Å². The summed E-state index contributed by atoms with van der Waals surface area (Å²) in [5.74, 6) is 0. The molecule has 0 fully saturated rings. The zero-order valence-corrected chi connectivity index (χ0v) is 10.9. The van der Waals surface area contributed by atoms with E-state index in [9.17, 15) is 0 Å². The van der Waals surface area contributed by atoms with Crippen molar-refractivity contribution in [3.63, 3.8) is 0 Å². The fourth-order valence-electron chi connectivity index (χ4n) is 0.350. The molecule has 0 heterocycles. The monoisotopic (exact) mass is 328 g/mol. The Morgan fingerprint density at radius 2 is 1.23 bits per heavy atom. The molecule has 0 radical (unpaired) electrons. The Balaban J connectivity index is 5.04. The molecule has 0 saturated carbocycles. The predicted octanol–water partition coefficient (Wildman–Crippen LogP) is 3.02. The van der Waals surface area contributed by atoms with E-state index in [0.29, 0.717) is 0 Å². The first-order chi connectivity index (χ1) is 5.44. The first kappa shape index (κ1) is 14.9. The van der Waals surface area contributed by atoms with Crippen molar-refractivity contribution in [3.8, 4) is 0 Å². The minimum Gasteiger partial charge on any atom is -0.374 e. The number of hydrogen-bond acceptors (Lipinski definition) is 2. The number of halogens is 7. The Kier molecular flexibility index (Phi) is 5.11. The van der Waals surface area contributed by atoms with Gasteiger partial charge in [0.15, 0.2) is 9.90 Å². The third-order valence-corrected chi connectivity index (χ3v) is 5.11. The van der Waals surface area contributed by atoms with Crippen molar-refractivity contribution in [1.29, 1.82) is 0 Å². The Hall–Kier alpha value is 1.95. The van der Waals surface area contributed by atoms with Gasteiger partial charge in [-0.3, -0.25) is 0 Å². The van der Waals surface area contributed by atoms with Crippen LogP contribution in [0.2, 0.25) is 0 Å². The standard InChI is InChI=1S/C4H3Cl7O2/c5-1(12)2(6,7)3(8,9)4(10,11)13/h1,12-13H. The molecule has 0 bridgehead atoms. The van der Waals surface area contributed by atoms with Gasteiger partial charge >= 0.3 is 0 Å². The molecule has 0 aliphatic rings. The van der Waals surface area contributed by atoms with Gasteiger partial charge in [0.2, 0.25) is 4.33 Å². The van der Waals surface area contributed by atoms with Crippen LogP contribution in [0, 0.1) is 0 Å². The van der Waals surface area contributed by atoms with Crippen molar-refractivity contribution in [2.75, 3.05) is 0 Å². The summed E-state index contributed by atoms with van der Waals surface area (Å²) in [5.41, 5.74) is -1.87. The Morgan fingerprint density at radius 1 is 0.923 bits per heavy atom. The van der Waals surface area contributed by atoms with E-state index in [-0.39, 0.29) is 0 Å². The highest BCUT2D eigenvalue weighted by Gasteiger charge is 2.63. The molecule has 0 aromatic heterocycles. The highest BCUT2D eigenvalue weighted by molar-refractivity contribution is 6.70. The normalized spacial score (nSPS) is 17.3. The second kappa shape index (κ2) is 4.44. The molecule has 0 aromatic rings. The summed E-state index contributed by atoms with van der Waals surface area (Å²) in [6, 6.07) is 0. The quantitative estimate of drug-likeness (QED) is 0.781. The molecule has 13 heavy (non-hydrogen) atoms. The van der Waals surface area contributed by atoms with E-state index in [1.807, 2.05) is 0 Å². The van der Waals surface area contributed by atoms with Gasteiger partial charge in [0, 0.05) is 0 Å². The van der Waals surface area contributed by atoms with Crippen LogP contribution in [-0.2, 0) is 0 Å². The second-order valence-electron chi connectivity index (χ2n) is 2.07. The van der Waals surface area contributed by atoms with E-state index in [0.717, 1.165) is 0 Å². The maximum Gasteiger partial charge on any atom is 0.251 e. The molecule has 0 spiro atoms. The fourth-order valence-corrected chi connectivity index (χ4v) is 1.60. The van der Waals surface area contributed by atoms with Crippen molar-refractivity contribution in [2.24, 2.45) is 0 Å². The lowest BCUT2D eigenvalue weighted by molar-refractivity contribution is 0.152. The van der Waals surface area contributed by atoms with Crippen molar-refractivity contribution in [3.05, 3.63) is 0 Å². The van der Waals surface area contributed by atoms with Crippen molar-refractivity contribution >= 4 is 81.2 Å². The highest BCUT2D eigenvalue weighted by atomic mass is 35.5. The highest BCUT2D eigenvalue weighted by Crippen LogP contribution is 2.54. The van der Waals surface area contributed by atoms with E-state index < -0.39 is 18.7 Å². The molecule has 2 nitrogen and oxygen atoms in total. The maximum absolute atomic E-state index is 9.06. The van der Waals surface area contributed by atoms with E-state index in [1.54, 1.807) is 0 Å². The summed E-state index contributed by atoms with van der Waals surface area (Å²) in [4.78, 5) is 0. The van der Waals surface area contributed by atoms with Crippen LogP contribution in [0.15, 0.2) is 0 Å². The molecule has 9 heteroatoms. The van der Waals surface area contributed by atoms with Crippen LogP contribution in [0.25, 0.3) is 0 Å². The van der Waals surface area contributed by atoms with E-state index >= 15 is 0 Å². The molecule has 0 amide bonds. The largest absolute Gasteiger partial charge is 0.374 e. The van der Waals surface area contributed by atoms with Gasteiger partial charge in [-0.15, -0.1) is 0 Å². The molecule has 0 aliphatic carbocycles.